The molecule has 0 aliphatic carbocycles. The second kappa shape index (κ2) is 5.85. The lowest BCUT2D eigenvalue weighted by atomic mass is 9.78. The predicted molar refractivity (Wildman–Crippen MR) is 81.2 cm³/mol. The van der Waals surface area contributed by atoms with Gasteiger partial charge in [0.1, 0.15) is 0 Å². The van der Waals surface area contributed by atoms with Crippen LogP contribution in [-0.4, -0.2) is 53.1 Å². The summed E-state index contributed by atoms with van der Waals surface area (Å²) in [7, 11) is 0. The number of likely N-dealkylation sites (tertiary alicyclic amines) is 2. The molecule has 5 nitrogen and oxygen atoms in total. The Kier molecular flexibility index (Phi) is 4.49. The van der Waals surface area contributed by atoms with E-state index in [-0.39, 0.29) is 6.03 Å². The van der Waals surface area contributed by atoms with Gasteiger partial charge in [-0.3, -0.25) is 4.79 Å². The Morgan fingerprint density at radius 2 is 1.57 bits per heavy atom. The maximum Gasteiger partial charge on any atom is 0.320 e. The quantitative estimate of drug-likeness (QED) is 0.871. The minimum absolute atomic E-state index is 0.0322. The van der Waals surface area contributed by atoms with Gasteiger partial charge in [0.05, 0.1) is 5.41 Å². The number of carbonyl (C=O) groups is 2. The van der Waals surface area contributed by atoms with Gasteiger partial charge < -0.3 is 14.9 Å². The topological polar surface area (TPSA) is 60.9 Å². The van der Waals surface area contributed by atoms with Crippen LogP contribution in [0.25, 0.3) is 0 Å². The largest absolute Gasteiger partial charge is 0.481 e. The molecule has 2 amide bonds. The summed E-state index contributed by atoms with van der Waals surface area (Å²) in [6.07, 6.45) is 4.39. The van der Waals surface area contributed by atoms with E-state index in [1.165, 1.54) is 0 Å². The molecule has 0 aromatic rings. The van der Waals surface area contributed by atoms with Crippen LogP contribution in [0.3, 0.4) is 0 Å². The minimum atomic E-state index is -0.766. The van der Waals surface area contributed by atoms with Crippen molar-refractivity contribution >= 4 is 12.0 Å². The van der Waals surface area contributed by atoms with E-state index in [9.17, 15) is 14.7 Å². The van der Waals surface area contributed by atoms with Crippen LogP contribution in [0.4, 0.5) is 4.79 Å². The molecule has 5 heteroatoms. The molecule has 0 radical (unpaired) electrons. The van der Waals surface area contributed by atoms with Crippen molar-refractivity contribution in [3.05, 3.63) is 0 Å². The third-order valence-corrected chi connectivity index (χ3v) is 5.85. The first-order chi connectivity index (χ1) is 9.86. The molecule has 1 unspecified atom stereocenters. The lowest BCUT2D eigenvalue weighted by molar-refractivity contribution is -0.148. The third kappa shape index (κ3) is 3.01. The second-order valence-electron chi connectivity index (χ2n) is 7.04. The molecule has 0 aromatic heterocycles. The molecule has 120 valence electrons. The summed E-state index contributed by atoms with van der Waals surface area (Å²) in [4.78, 5) is 27.7. The number of carboxylic acid groups (broad SMARTS) is 1. The van der Waals surface area contributed by atoms with Crippen LogP contribution in [-0.2, 0) is 4.79 Å². The molecule has 2 rings (SSSR count). The molecule has 2 fully saturated rings. The molecule has 0 spiro atoms. The van der Waals surface area contributed by atoms with E-state index in [1.54, 1.807) is 4.90 Å². The van der Waals surface area contributed by atoms with E-state index < -0.39 is 11.4 Å². The summed E-state index contributed by atoms with van der Waals surface area (Å²) in [6.45, 7) is 8.92. The number of amides is 2. The molecule has 0 bridgehead atoms. The van der Waals surface area contributed by atoms with Crippen molar-refractivity contribution < 1.29 is 14.7 Å². The molecule has 2 aliphatic rings. The number of rotatable bonds is 3. The lowest BCUT2D eigenvalue weighted by Crippen LogP contribution is -2.48. The summed E-state index contributed by atoms with van der Waals surface area (Å²) in [5.74, 6) is -0.766. The molecule has 1 atom stereocenters. The van der Waals surface area contributed by atoms with Crippen LogP contribution in [0.2, 0.25) is 0 Å². The highest BCUT2D eigenvalue weighted by atomic mass is 16.4. The highest BCUT2D eigenvalue weighted by Gasteiger charge is 2.46. The van der Waals surface area contributed by atoms with Gasteiger partial charge in [0.15, 0.2) is 0 Å². The van der Waals surface area contributed by atoms with Crippen molar-refractivity contribution in [2.24, 2.45) is 10.8 Å². The van der Waals surface area contributed by atoms with Crippen LogP contribution in [0, 0.1) is 10.8 Å². The zero-order valence-electron chi connectivity index (χ0n) is 13.5. The minimum Gasteiger partial charge on any atom is -0.481 e. The van der Waals surface area contributed by atoms with Crippen molar-refractivity contribution in [2.45, 2.75) is 52.9 Å². The summed E-state index contributed by atoms with van der Waals surface area (Å²) >= 11 is 0. The Hall–Kier alpha value is -1.26. The van der Waals surface area contributed by atoms with Gasteiger partial charge >= 0.3 is 12.0 Å². The van der Waals surface area contributed by atoms with Gasteiger partial charge in [0.2, 0.25) is 0 Å². The van der Waals surface area contributed by atoms with E-state index >= 15 is 0 Å². The van der Waals surface area contributed by atoms with Crippen LogP contribution >= 0.6 is 0 Å². The Bertz CT molecular complexity index is 416. The molecule has 2 heterocycles. The monoisotopic (exact) mass is 296 g/mol. The molecule has 2 saturated heterocycles. The van der Waals surface area contributed by atoms with Crippen LogP contribution in [0.1, 0.15) is 52.9 Å². The van der Waals surface area contributed by atoms with Crippen molar-refractivity contribution in [2.75, 3.05) is 26.2 Å². The first-order valence-electron chi connectivity index (χ1n) is 8.13. The van der Waals surface area contributed by atoms with Gasteiger partial charge in [-0.05, 0) is 31.1 Å². The second-order valence-corrected chi connectivity index (χ2v) is 7.04. The molecule has 2 aliphatic heterocycles. The summed E-state index contributed by atoms with van der Waals surface area (Å²) in [5, 5.41) is 9.42. The summed E-state index contributed by atoms with van der Waals surface area (Å²) < 4.78 is 0. The maximum atomic E-state index is 12.6. The Morgan fingerprint density at radius 1 is 1.00 bits per heavy atom. The van der Waals surface area contributed by atoms with Crippen LogP contribution in [0.15, 0.2) is 0 Å². The molecule has 21 heavy (non-hydrogen) atoms. The van der Waals surface area contributed by atoms with Crippen LogP contribution < -0.4 is 0 Å². The van der Waals surface area contributed by atoms with Crippen LogP contribution in [0.5, 0.6) is 0 Å². The zero-order chi connectivity index (χ0) is 15.7. The number of urea groups is 1. The van der Waals surface area contributed by atoms with E-state index in [0.29, 0.717) is 31.3 Å². The fourth-order valence-electron chi connectivity index (χ4n) is 3.44. The van der Waals surface area contributed by atoms with Gasteiger partial charge in [-0.2, -0.15) is 0 Å². The van der Waals surface area contributed by atoms with E-state index in [4.69, 9.17) is 0 Å². The average molecular weight is 296 g/mol. The first-order valence-corrected chi connectivity index (χ1v) is 8.13. The Morgan fingerprint density at radius 3 is 2.00 bits per heavy atom. The van der Waals surface area contributed by atoms with Crippen molar-refractivity contribution in [3.63, 3.8) is 0 Å². The highest BCUT2D eigenvalue weighted by molar-refractivity contribution is 5.79. The fraction of sp³-hybridized carbons (Fsp3) is 0.875. The number of carbonyl (C=O) groups excluding carboxylic acids is 1. The maximum absolute atomic E-state index is 12.6. The third-order valence-electron chi connectivity index (χ3n) is 5.85. The number of nitrogens with zero attached hydrogens (tertiary/aromatic N) is 2. The van der Waals surface area contributed by atoms with E-state index in [0.717, 1.165) is 32.4 Å². The molecule has 0 saturated carbocycles. The molecule has 0 aromatic carbocycles. The summed E-state index contributed by atoms with van der Waals surface area (Å²) in [6, 6.07) is 0.0322. The van der Waals surface area contributed by atoms with Gasteiger partial charge in [-0.25, -0.2) is 4.79 Å². The van der Waals surface area contributed by atoms with Crippen molar-refractivity contribution in [1.82, 2.24) is 9.80 Å². The zero-order valence-corrected chi connectivity index (χ0v) is 13.5. The van der Waals surface area contributed by atoms with Gasteiger partial charge in [-0.1, -0.05) is 27.2 Å². The molecular weight excluding hydrogens is 268 g/mol. The van der Waals surface area contributed by atoms with Gasteiger partial charge in [0.25, 0.3) is 0 Å². The van der Waals surface area contributed by atoms with Gasteiger partial charge in [0, 0.05) is 26.2 Å². The lowest BCUT2D eigenvalue weighted by Gasteiger charge is -2.40. The number of hydrogen-bond donors (Lipinski definition) is 1. The number of carboxylic acids is 1. The molecular formula is C16H28N2O3. The molecule has 1 N–H and O–H groups in total. The highest BCUT2D eigenvalue weighted by Crippen LogP contribution is 2.37. The van der Waals surface area contributed by atoms with Crippen molar-refractivity contribution in [3.8, 4) is 0 Å². The summed E-state index contributed by atoms with van der Waals surface area (Å²) in [5.41, 5.74) is -0.376. The van der Waals surface area contributed by atoms with E-state index in [1.807, 2.05) is 11.8 Å². The van der Waals surface area contributed by atoms with Crippen molar-refractivity contribution in [1.29, 1.82) is 0 Å². The number of piperidine rings is 1. The standard InChI is InChI=1S/C16H28N2O3/c1-4-15(3)6-9-17(10-7-15)14(21)18-11-8-16(5-2,12-18)13(19)20/h4-12H2,1-3H3,(H,19,20). The first kappa shape index (κ1) is 16.1. The smallest absolute Gasteiger partial charge is 0.320 e. The number of hydrogen-bond acceptors (Lipinski definition) is 2. The van der Waals surface area contributed by atoms with Gasteiger partial charge in [-0.15, -0.1) is 0 Å². The SMILES string of the molecule is CCC1(C)CCN(C(=O)N2CCC(CC)(C(=O)O)C2)CC1. The number of aliphatic carboxylic acids is 1. The Labute approximate surface area is 127 Å². The average Bonchev–Trinajstić information content (AvgIpc) is 2.93. The normalized spacial score (nSPS) is 28.7. The predicted octanol–water partition coefficient (Wildman–Crippen LogP) is 2.81. The Balaban J connectivity index is 1.95. The van der Waals surface area contributed by atoms with E-state index in [2.05, 4.69) is 13.8 Å². The fourth-order valence-corrected chi connectivity index (χ4v) is 3.44.